The van der Waals surface area contributed by atoms with Gasteiger partial charge in [0.1, 0.15) is 13.1 Å². The number of hydrogen-bond acceptors (Lipinski definition) is 0. The lowest BCUT2D eigenvalue weighted by atomic mass is 10.6. The van der Waals surface area contributed by atoms with E-state index in [-0.39, 0.29) is 48.0 Å². The Hall–Kier alpha value is 1.38. The first-order chi connectivity index (χ1) is 3.27. The van der Waals surface area contributed by atoms with Gasteiger partial charge in [-0.25, -0.2) is 0 Å². The SMILES string of the molecule is C[NH2+]CC[NH+](C)C.[I-].[I-]. The van der Waals surface area contributed by atoms with Crippen molar-refractivity contribution in [2.75, 3.05) is 34.2 Å². The maximum absolute atomic E-state index is 2.20. The van der Waals surface area contributed by atoms with Crippen LogP contribution in [-0.4, -0.2) is 34.2 Å². The molecule has 0 aromatic rings. The molecule has 0 rings (SSSR count). The monoisotopic (exact) mass is 358 g/mol. The average Bonchev–Trinajstić information content (AvgIpc) is 1.61. The van der Waals surface area contributed by atoms with E-state index in [0.717, 1.165) is 0 Å². The standard InChI is InChI=1S/C5H14N2.2HI/c1-6-4-5-7(2)3;;/h6H,4-5H2,1-3H3;2*1H. The molecule has 0 aliphatic carbocycles. The van der Waals surface area contributed by atoms with Gasteiger partial charge in [-0.05, 0) is 0 Å². The minimum atomic E-state index is 0. The second-order valence-electron chi connectivity index (χ2n) is 2.15. The molecule has 0 heterocycles. The van der Waals surface area contributed by atoms with Gasteiger partial charge < -0.3 is 58.2 Å². The van der Waals surface area contributed by atoms with E-state index in [1.807, 2.05) is 0 Å². The summed E-state index contributed by atoms with van der Waals surface area (Å²) in [6, 6.07) is 0. The zero-order chi connectivity index (χ0) is 5.70. The van der Waals surface area contributed by atoms with Gasteiger partial charge in [0.05, 0.1) is 21.1 Å². The van der Waals surface area contributed by atoms with E-state index in [1.54, 1.807) is 0 Å². The van der Waals surface area contributed by atoms with Gasteiger partial charge in [0, 0.05) is 0 Å². The largest absolute Gasteiger partial charge is 1.00 e. The van der Waals surface area contributed by atoms with Crippen LogP contribution in [0.15, 0.2) is 0 Å². The Labute approximate surface area is 91.8 Å². The van der Waals surface area contributed by atoms with Gasteiger partial charge in [-0.1, -0.05) is 0 Å². The van der Waals surface area contributed by atoms with Crippen molar-refractivity contribution in [2.24, 2.45) is 0 Å². The lowest BCUT2D eigenvalue weighted by molar-refractivity contribution is -0.872. The van der Waals surface area contributed by atoms with E-state index >= 15 is 0 Å². The third-order valence-electron chi connectivity index (χ3n) is 0.933. The lowest BCUT2D eigenvalue weighted by Gasteiger charge is -2.02. The average molecular weight is 358 g/mol. The maximum Gasteiger partial charge on any atom is 0.126 e. The van der Waals surface area contributed by atoms with Crippen molar-refractivity contribution in [3.05, 3.63) is 0 Å². The van der Waals surface area contributed by atoms with Crippen molar-refractivity contribution >= 4 is 0 Å². The van der Waals surface area contributed by atoms with E-state index in [2.05, 4.69) is 26.5 Å². The number of nitrogens with one attached hydrogen (secondary N) is 1. The molecule has 0 saturated heterocycles. The maximum atomic E-state index is 2.20. The molecule has 0 saturated carbocycles. The molecular weight excluding hydrogens is 342 g/mol. The predicted molar refractivity (Wildman–Crippen MR) is 30.4 cm³/mol. The molecule has 0 bridgehead atoms. The highest BCUT2D eigenvalue weighted by Gasteiger charge is 1.89. The number of rotatable bonds is 3. The highest BCUT2D eigenvalue weighted by atomic mass is 127. The number of quaternary nitrogens is 2. The molecule has 2 nitrogen and oxygen atoms in total. The molecular formula is C5H16I2N2. The van der Waals surface area contributed by atoms with Crippen molar-refractivity contribution in [3.8, 4) is 0 Å². The van der Waals surface area contributed by atoms with E-state index in [1.165, 1.54) is 18.0 Å². The van der Waals surface area contributed by atoms with Crippen molar-refractivity contribution in [2.45, 2.75) is 0 Å². The van der Waals surface area contributed by atoms with Gasteiger partial charge in [0.15, 0.2) is 0 Å². The third-order valence-corrected chi connectivity index (χ3v) is 0.933. The summed E-state index contributed by atoms with van der Waals surface area (Å²) in [5.41, 5.74) is 0. The van der Waals surface area contributed by atoms with E-state index in [4.69, 9.17) is 0 Å². The van der Waals surface area contributed by atoms with Crippen LogP contribution >= 0.6 is 0 Å². The number of nitrogens with two attached hydrogens (primary N) is 1. The highest BCUT2D eigenvalue weighted by Crippen LogP contribution is 1.27. The number of halogens is 2. The van der Waals surface area contributed by atoms with Crippen LogP contribution in [0.1, 0.15) is 0 Å². The Kier molecular flexibility index (Phi) is 22.5. The smallest absolute Gasteiger partial charge is 0.126 e. The first kappa shape index (κ1) is 16.8. The summed E-state index contributed by atoms with van der Waals surface area (Å²) in [5.74, 6) is 0. The Morgan fingerprint density at radius 1 is 1.22 bits per heavy atom. The molecule has 0 fully saturated rings. The fourth-order valence-corrected chi connectivity index (χ4v) is 0.433. The topological polar surface area (TPSA) is 21.1 Å². The van der Waals surface area contributed by atoms with Crippen LogP contribution in [0.25, 0.3) is 0 Å². The van der Waals surface area contributed by atoms with E-state index in [0.29, 0.717) is 0 Å². The molecule has 0 spiro atoms. The van der Waals surface area contributed by atoms with E-state index in [9.17, 15) is 0 Å². The molecule has 0 amide bonds. The van der Waals surface area contributed by atoms with Crippen molar-refractivity contribution in [1.82, 2.24) is 0 Å². The van der Waals surface area contributed by atoms with Gasteiger partial charge >= 0.3 is 0 Å². The van der Waals surface area contributed by atoms with Crippen LogP contribution < -0.4 is 58.2 Å². The molecule has 0 atom stereocenters. The number of hydrogen-bond donors (Lipinski definition) is 2. The second kappa shape index (κ2) is 12.1. The van der Waals surface area contributed by atoms with Crippen molar-refractivity contribution in [1.29, 1.82) is 0 Å². The molecule has 0 aliphatic heterocycles. The highest BCUT2D eigenvalue weighted by molar-refractivity contribution is 4.10. The molecule has 9 heavy (non-hydrogen) atoms. The number of likely N-dealkylation sites (N-methyl/N-ethyl adjacent to an activating group) is 2. The third kappa shape index (κ3) is 17.7. The Morgan fingerprint density at radius 3 is 1.78 bits per heavy atom. The summed E-state index contributed by atoms with van der Waals surface area (Å²) >= 11 is 0. The normalized spacial score (nSPS) is 8.00. The molecule has 0 aromatic carbocycles. The van der Waals surface area contributed by atoms with Gasteiger partial charge in [-0.3, -0.25) is 0 Å². The molecule has 0 radical (unpaired) electrons. The summed E-state index contributed by atoms with van der Waals surface area (Å²) in [6.07, 6.45) is 0. The summed E-state index contributed by atoms with van der Waals surface area (Å²) < 4.78 is 0. The fourth-order valence-electron chi connectivity index (χ4n) is 0.433. The fraction of sp³-hybridized carbons (Fsp3) is 1.00. The van der Waals surface area contributed by atoms with Gasteiger partial charge in [-0.15, -0.1) is 0 Å². The molecule has 4 heteroatoms. The quantitative estimate of drug-likeness (QED) is 0.468. The van der Waals surface area contributed by atoms with E-state index < -0.39 is 0 Å². The molecule has 0 aliphatic rings. The van der Waals surface area contributed by atoms with Crippen molar-refractivity contribution in [3.63, 3.8) is 0 Å². The molecule has 0 unspecified atom stereocenters. The molecule has 3 N–H and O–H groups in total. The van der Waals surface area contributed by atoms with Gasteiger partial charge in [0.25, 0.3) is 0 Å². The van der Waals surface area contributed by atoms with Crippen LogP contribution in [0, 0.1) is 0 Å². The zero-order valence-corrected chi connectivity index (χ0v) is 10.6. The molecule has 60 valence electrons. The summed E-state index contributed by atoms with van der Waals surface area (Å²) in [6.45, 7) is 2.50. The van der Waals surface area contributed by atoms with Crippen LogP contribution in [0.4, 0.5) is 0 Å². The minimum Gasteiger partial charge on any atom is -1.00 e. The van der Waals surface area contributed by atoms with Crippen molar-refractivity contribution < 1.29 is 58.2 Å². The Bertz CT molecular complexity index is 41.9. The Balaban J connectivity index is -0.000000180. The Morgan fingerprint density at radius 2 is 1.67 bits per heavy atom. The van der Waals surface area contributed by atoms with Crippen LogP contribution in [0.3, 0.4) is 0 Å². The minimum absolute atomic E-state index is 0. The van der Waals surface area contributed by atoms with Crippen LogP contribution in [0.2, 0.25) is 0 Å². The summed E-state index contributed by atoms with van der Waals surface area (Å²) in [7, 11) is 6.44. The predicted octanol–water partition coefficient (Wildman–Crippen LogP) is -8.67. The summed E-state index contributed by atoms with van der Waals surface area (Å²) in [4.78, 5) is 1.53. The summed E-state index contributed by atoms with van der Waals surface area (Å²) in [5, 5.41) is 2.20. The first-order valence-electron chi connectivity index (χ1n) is 2.84. The van der Waals surface area contributed by atoms with Crippen LogP contribution in [0.5, 0.6) is 0 Å². The second-order valence-corrected chi connectivity index (χ2v) is 2.15. The molecule has 0 aromatic heterocycles. The van der Waals surface area contributed by atoms with Gasteiger partial charge in [0.2, 0.25) is 0 Å². The lowest BCUT2D eigenvalue weighted by Crippen LogP contribution is -3.09. The first-order valence-corrected chi connectivity index (χ1v) is 2.84. The van der Waals surface area contributed by atoms with Gasteiger partial charge in [-0.2, -0.15) is 0 Å². The van der Waals surface area contributed by atoms with Crippen LogP contribution in [-0.2, 0) is 0 Å². The zero-order valence-electron chi connectivity index (χ0n) is 6.25.